The summed E-state index contributed by atoms with van der Waals surface area (Å²) < 4.78 is 0. The monoisotopic (exact) mass is 129 g/mol. The maximum atomic E-state index is 9.63. The van der Waals surface area contributed by atoms with Gasteiger partial charge in [0.1, 0.15) is 0 Å². The third kappa shape index (κ3) is 7.10. The topological polar surface area (TPSA) is 66.9 Å². The minimum absolute atomic E-state index is 0.335. The van der Waals surface area contributed by atoms with Crippen LogP contribution in [0.1, 0.15) is 12.8 Å². The maximum absolute atomic E-state index is 9.63. The van der Waals surface area contributed by atoms with Crippen molar-refractivity contribution in [2.24, 2.45) is 0 Å². The van der Waals surface area contributed by atoms with Gasteiger partial charge in [-0.2, -0.15) is 0 Å². The Balaban J connectivity index is 3.15. The van der Waals surface area contributed by atoms with Gasteiger partial charge in [-0.25, -0.2) is 0 Å². The molecular formula is C5H9N2O2. The van der Waals surface area contributed by atoms with E-state index in [4.69, 9.17) is 5.73 Å². The Morgan fingerprint density at radius 2 is 2.33 bits per heavy atom. The Morgan fingerprint density at radius 3 is 2.78 bits per heavy atom. The average Bonchev–Trinajstić information content (AvgIpc) is 1.80. The van der Waals surface area contributed by atoms with E-state index in [0.717, 1.165) is 6.20 Å². The van der Waals surface area contributed by atoms with Gasteiger partial charge in [0.15, 0.2) is 0 Å². The highest BCUT2D eigenvalue weighted by Crippen LogP contribution is 1.87. The van der Waals surface area contributed by atoms with Gasteiger partial charge in [-0.15, -0.1) is 0 Å². The normalized spacial score (nSPS) is 10.3. The van der Waals surface area contributed by atoms with Gasteiger partial charge >= 0.3 is 0 Å². The molecule has 0 aliphatic heterocycles. The summed E-state index contributed by atoms with van der Waals surface area (Å²) in [6, 6.07) is 0. The first kappa shape index (κ1) is 8.10. The van der Waals surface area contributed by atoms with Crippen LogP contribution in [-0.2, 0) is 0 Å². The van der Waals surface area contributed by atoms with E-state index in [-0.39, 0.29) is 0 Å². The molecule has 51 valence electrons. The molecule has 1 N–H and O–H groups in total. The van der Waals surface area contributed by atoms with Crippen molar-refractivity contribution in [1.29, 1.82) is 0 Å². The summed E-state index contributed by atoms with van der Waals surface area (Å²) in [4.78, 5) is 9.14. The van der Waals surface area contributed by atoms with Crippen molar-refractivity contribution in [3.63, 3.8) is 0 Å². The number of unbranched alkanes of at least 4 members (excludes halogenated alkanes) is 1. The van der Waals surface area contributed by atoms with Crippen LogP contribution in [0.3, 0.4) is 0 Å². The van der Waals surface area contributed by atoms with Crippen LogP contribution in [0, 0.1) is 10.1 Å². The van der Waals surface area contributed by atoms with Crippen molar-refractivity contribution < 1.29 is 4.92 Å². The van der Waals surface area contributed by atoms with Crippen LogP contribution in [0.5, 0.6) is 0 Å². The highest BCUT2D eigenvalue weighted by molar-refractivity contribution is 4.71. The molecule has 0 aliphatic carbocycles. The van der Waals surface area contributed by atoms with Crippen LogP contribution in [0.4, 0.5) is 0 Å². The van der Waals surface area contributed by atoms with Crippen LogP contribution < -0.4 is 5.73 Å². The van der Waals surface area contributed by atoms with Crippen molar-refractivity contribution >= 4 is 0 Å². The Labute approximate surface area is 53.5 Å². The van der Waals surface area contributed by atoms with Crippen molar-refractivity contribution in [3.8, 4) is 0 Å². The smallest absolute Gasteiger partial charge is 0.230 e. The largest absolute Gasteiger partial charge is 0.259 e. The summed E-state index contributed by atoms with van der Waals surface area (Å²) >= 11 is 0. The van der Waals surface area contributed by atoms with Gasteiger partial charge in [0.05, 0.1) is 4.92 Å². The van der Waals surface area contributed by atoms with Crippen molar-refractivity contribution in [1.82, 2.24) is 5.73 Å². The fourth-order valence-electron chi connectivity index (χ4n) is 0.381. The lowest BCUT2D eigenvalue weighted by Crippen LogP contribution is -1.85. The van der Waals surface area contributed by atoms with E-state index in [0.29, 0.717) is 19.4 Å². The molecular weight excluding hydrogens is 120 g/mol. The zero-order chi connectivity index (χ0) is 7.11. The minimum Gasteiger partial charge on any atom is -0.259 e. The lowest BCUT2D eigenvalue weighted by molar-refractivity contribution is -0.402. The number of rotatable bonds is 4. The molecule has 0 bridgehead atoms. The van der Waals surface area contributed by atoms with E-state index in [1.165, 1.54) is 6.08 Å². The first-order valence-corrected chi connectivity index (χ1v) is 2.72. The van der Waals surface area contributed by atoms with Gasteiger partial charge in [0.2, 0.25) is 6.20 Å². The zero-order valence-electron chi connectivity index (χ0n) is 5.04. The standard InChI is InChI=1S/C5H9N2O2/c6-4-2-1-3-5-7(8)9/h3,5-6H,1-2,4H2. The second-order valence-corrected chi connectivity index (χ2v) is 1.56. The molecule has 0 saturated heterocycles. The van der Waals surface area contributed by atoms with Crippen molar-refractivity contribution in [3.05, 3.63) is 22.4 Å². The van der Waals surface area contributed by atoms with E-state index in [9.17, 15) is 10.1 Å². The summed E-state index contributed by atoms with van der Waals surface area (Å²) in [5, 5.41) is 9.63. The molecule has 4 nitrogen and oxygen atoms in total. The highest BCUT2D eigenvalue weighted by Gasteiger charge is 1.83. The summed E-state index contributed by atoms with van der Waals surface area (Å²) in [6.07, 6.45) is 3.71. The van der Waals surface area contributed by atoms with Gasteiger partial charge in [-0.05, 0) is 18.9 Å². The fraction of sp³-hybridized carbons (Fsp3) is 0.600. The zero-order valence-corrected chi connectivity index (χ0v) is 5.04. The maximum Gasteiger partial charge on any atom is 0.230 e. The minimum atomic E-state index is -0.496. The van der Waals surface area contributed by atoms with Gasteiger partial charge in [-0.3, -0.25) is 15.8 Å². The Morgan fingerprint density at radius 1 is 1.67 bits per heavy atom. The van der Waals surface area contributed by atoms with Crippen LogP contribution in [0.2, 0.25) is 0 Å². The number of nitrogens with one attached hydrogen (secondary N) is 1. The molecule has 4 heteroatoms. The third-order valence-corrected chi connectivity index (χ3v) is 0.775. The molecule has 0 unspecified atom stereocenters. The summed E-state index contributed by atoms with van der Waals surface area (Å²) in [5.74, 6) is 0. The molecule has 0 rings (SSSR count). The first-order valence-electron chi connectivity index (χ1n) is 2.72. The van der Waals surface area contributed by atoms with Gasteiger partial charge in [-0.1, -0.05) is 0 Å². The SMILES string of the molecule is [NH]CCCC=C[N+](=O)[O-]. The predicted molar refractivity (Wildman–Crippen MR) is 33.3 cm³/mol. The molecule has 0 aromatic carbocycles. The lowest BCUT2D eigenvalue weighted by atomic mass is 10.3. The van der Waals surface area contributed by atoms with Gasteiger partial charge in [0.25, 0.3) is 0 Å². The van der Waals surface area contributed by atoms with E-state index < -0.39 is 4.92 Å². The first-order chi connectivity index (χ1) is 4.27. The van der Waals surface area contributed by atoms with Crippen molar-refractivity contribution in [2.45, 2.75) is 12.8 Å². The number of hydrogen-bond acceptors (Lipinski definition) is 2. The number of allylic oxidation sites excluding steroid dienone is 1. The highest BCUT2D eigenvalue weighted by atomic mass is 16.6. The molecule has 0 heterocycles. The molecule has 0 amide bonds. The molecule has 0 aromatic rings. The summed E-state index contributed by atoms with van der Waals surface area (Å²) in [7, 11) is 0. The van der Waals surface area contributed by atoms with E-state index in [1.54, 1.807) is 0 Å². The number of nitro groups is 1. The van der Waals surface area contributed by atoms with Crippen LogP contribution >= 0.6 is 0 Å². The van der Waals surface area contributed by atoms with E-state index >= 15 is 0 Å². The Kier molecular flexibility index (Phi) is 4.72. The van der Waals surface area contributed by atoms with Gasteiger partial charge < -0.3 is 0 Å². The number of nitrogens with zero attached hydrogens (tertiary/aromatic N) is 1. The van der Waals surface area contributed by atoms with Gasteiger partial charge in [0, 0.05) is 6.54 Å². The van der Waals surface area contributed by atoms with Crippen LogP contribution in [0.15, 0.2) is 12.3 Å². The van der Waals surface area contributed by atoms with E-state index in [1.807, 2.05) is 0 Å². The Hall–Kier alpha value is -0.900. The quantitative estimate of drug-likeness (QED) is 0.320. The summed E-state index contributed by atoms with van der Waals surface area (Å²) in [5.41, 5.74) is 6.68. The second-order valence-electron chi connectivity index (χ2n) is 1.56. The summed E-state index contributed by atoms with van der Waals surface area (Å²) in [6.45, 7) is 0.335. The molecule has 0 spiro atoms. The fourth-order valence-corrected chi connectivity index (χ4v) is 0.381. The molecule has 0 aromatic heterocycles. The predicted octanol–water partition coefficient (Wildman–Crippen LogP) is 0.840. The van der Waals surface area contributed by atoms with Crippen LogP contribution in [-0.4, -0.2) is 11.5 Å². The molecule has 0 saturated carbocycles. The lowest BCUT2D eigenvalue weighted by Gasteiger charge is -1.83. The molecule has 0 aliphatic rings. The molecule has 9 heavy (non-hydrogen) atoms. The molecule has 0 atom stereocenters. The molecule has 0 fully saturated rings. The van der Waals surface area contributed by atoms with Crippen molar-refractivity contribution in [2.75, 3.05) is 6.54 Å². The Bertz CT molecular complexity index is 112. The van der Waals surface area contributed by atoms with Crippen LogP contribution in [0.25, 0.3) is 0 Å². The second kappa shape index (κ2) is 5.24. The number of hydrogen-bond donors (Lipinski definition) is 0. The third-order valence-electron chi connectivity index (χ3n) is 0.775. The van der Waals surface area contributed by atoms with E-state index in [2.05, 4.69) is 0 Å². The molecule has 1 radical (unpaired) electrons. The average molecular weight is 129 g/mol.